The normalized spacial score (nSPS) is 26.5. The van der Waals surface area contributed by atoms with Crippen LogP contribution in [-0.2, 0) is 19.0 Å². The highest BCUT2D eigenvalue weighted by molar-refractivity contribution is 6.83. The average Bonchev–Trinajstić information content (AvgIpc) is 2.33. The van der Waals surface area contributed by atoms with Crippen molar-refractivity contribution in [2.45, 2.75) is 44.9 Å². The zero-order valence-electron chi connectivity index (χ0n) is 12.2. The van der Waals surface area contributed by atoms with Crippen molar-refractivity contribution < 1.29 is 19.0 Å². The second kappa shape index (κ2) is 6.90. The number of methoxy groups -OCH3 is 1. The van der Waals surface area contributed by atoms with Crippen LogP contribution >= 0.6 is 0 Å². The number of esters is 1. The number of hydrogen-bond acceptors (Lipinski definition) is 4. The van der Waals surface area contributed by atoms with E-state index in [9.17, 15) is 4.79 Å². The first kappa shape index (κ1) is 16.0. The van der Waals surface area contributed by atoms with Gasteiger partial charge in [0.2, 0.25) is 0 Å². The van der Waals surface area contributed by atoms with Gasteiger partial charge in [0.15, 0.2) is 0 Å². The molecular weight excluding hydrogens is 260 g/mol. The van der Waals surface area contributed by atoms with Crippen LogP contribution in [0.2, 0.25) is 19.6 Å². The molecular formula is C14H22O4Si. The predicted octanol–water partition coefficient (Wildman–Crippen LogP) is 1.77. The molecule has 0 N–H and O–H groups in total. The summed E-state index contributed by atoms with van der Waals surface area (Å²) in [6.07, 6.45) is 3.05. The van der Waals surface area contributed by atoms with Gasteiger partial charge in [-0.2, -0.15) is 0 Å². The van der Waals surface area contributed by atoms with Crippen molar-refractivity contribution in [1.29, 1.82) is 0 Å². The second-order valence-corrected chi connectivity index (χ2v) is 10.3. The molecule has 1 aliphatic rings. The molecule has 0 aromatic rings. The summed E-state index contributed by atoms with van der Waals surface area (Å²) in [5.41, 5.74) is 3.27. The lowest BCUT2D eigenvalue weighted by molar-refractivity contribution is -0.150. The Labute approximate surface area is 116 Å². The van der Waals surface area contributed by atoms with E-state index in [1.54, 1.807) is 7.11 Å². The van der Waals surface area contributed by atoms with E-state index >= 15 is 0 Å². The van der Waals surface area contributed by atoms with Crippen molar-refractivity contribution in [3.05, 3.63) is 12.2 Å². The van der Waals surface area contributed by atoms with Crippen molar-refractivity contribution in [2.75, 3.05) is 13.7 Å². The summed E-state index contributed by atoms with van der Waals surface area (Å²) in [5.74, 6) is 2.81. The lowest BCUT2D eigenvalue weighted by atomic mass is 10.1. The highest BCUT2D eigenvalue weighted by atomic mass is 28.3. The van der Waals surface area contributed by atoms with E-state index in [4.69, 9.17) is 14.2 Å². The van der Waals surface area contributed by atoms with Gasteiger partial charge < -0.3 is 14.2 Å². The summed E-state index contributed by atoms with van der Waals surface area (Å²) >= 11 is 0. The summed E-state index contributed by atoms with van der Waals surface area (Å²) in [6, 6.07) is 0. The van der Waals surface area contributed by atoms with E-state index < -0.39 is 8.07 Å². The van der Waals surface area contributed by atoms with Gasteiger partial charge >= 0.3 is 5.97 Å². The molecule has 0 spiro atoms. The fourth-order valence-corrected chi connectivity index (χ4v) is 2.15. The minimum atomic E-state index is -1.42. The summed E-state index contributed by atoms with van der Waals surface area (Å²) < 4.78 is 16.1. The molecule has 0 aliphatic carbocycles. The first-order valence-electron chi connectivity index (χ1n) is 6.34. The molecule has 3 atom stereocenters. The van der Waals surface area contributed by atoms with Gasteiger partial charge in [-0.3, -0.25) is 4.79 Å². The van der Waals surface area contributed by atoms with E-state index in [2.05, 4.69) is 31.1 Å². The van der Waals surface area contributed by atoms with Crippen LogP contribution in [0.1, 0.15) is 6.92 Å². The molecule has 0 bridgehead atoms. The molecule has 0 saturated heterocycles. The molecule has 4 nitrogen and oxygen atoms in total. The van der Waals surface area contributed by atoms with E-state index in [0.29, 0.717) is 0 Å². The van der Waals surface area contributed by atoms with Gasteiger partial charge in [0, 0.05) is 14.0 Å². The number of carbonyl (C=O) groups is 1. The molecule has 0 radical (unpaired) electrons. The highest BCUT2D eigenvalue weighted by Crippen LogP contribution is 2.16. The first-order valence-corrected chi connectivity index (χ1v) is 9.84. The molecule has 0 aromatic carbocycles. The molecule has 106 valence electrons. The molecule has 0 fully saturated rings. The van der Waals surface area contributed by atoms with Crippen molar-refractivity contribution in [2.24, 2.45) is 0 Å². The molecule has 5 heteroatoms. The van der Waals surface area contributed by atoms with Crippen LogP contribution in [0.3, 0.4) is 0 Å². The Kier molecular flexibility index (Phi) is 5.79. The Balaban J connectivity index is 2.69. The third-order valence-corrected chi connectivity index (χ3v) is 3.37. The quantitative estimate of drug-likeness (QED) is 0.342. The molecule has 1 aliphatic heterocycles. The van der Waals surface area contributed by atoms with Crippen LogP contribution in [0, 0.1) is 11.5 Å². The van der Waals surface area contributed by atoms with Crippen LogP contribution < -0.4 is 0 Å². The monoisotopic (exact) mass is 282 g/mol. The van der Waals surface area contributed by atoms with Crippen molar-refractivity contribution in [1.82, 2.24) is 0 Å². The third kappa shape index (κ3) is 6.06. The van der Waals surface area contributed by atoms with Gasteiger partial charge in [-0.05, 0) is 6.08 Å². The van der Waals surface area contributed by atoms with Crippen LogP contribution in [0.4, 0.5) is 0 Å². The molecule has 0 amide bonds. The molecule has 0 aromatic heterocycles. The predicted molar refractivity (Wildman–Crippen MR) is 76.4 cm³/mol. The fourth-order valence-electron chi connectivity index (χ4n) is 1.58. The SMILES string of the molecule is CO[C@H]1C=C[C@@H](C#C[Si](C)(C)C)O[C@@H]1COC(C)=O. The minimum Gasteiger partial charge on any atom is -0.463 e. The summed E-state index contributed by atoms with van der Waals surface area (Å²) in [6.45, 7) is 8.11. The van der Waals surface area contributed by atoms with Gasteiger partial charge in [0.1, 0.15) is 33.0 Å². The zero-order valence-corrected chi connectivity index (χ0v) is 13.2. The fraction of sp³-hybridized carbons (Fsp3) is 0.643. The molecule has 19 heavy (non-hydrogen) atoms. The van der Waals surface area contributed by atoms with Crippen LogP contribution in [0.15, 0.2) is 12.2 Å². The van der Waals surface area contributed by atoms with Gasteiger partial charge in [0.25, 0.3) is 0 Å². The first-order chi connectivity index (χ1) is 8.81. The van der Waals surface area contributed by atoms with Crippen LogP contribution in [-0.4, -0.2) is 46.1 Å². The highest BCUT2D eigenvalue weighted by Gasteiger charge is 2.27. The zero-order chi connectivity index (χ0) is 14.5. The number of ether oxygens (including phenoxy) is 3. The third-order valence-electron chi connectivity index (χ3n) is 2.48. The summed E-state index contributed by atoms with van der Waals surface area (Å²) in [4.78, 5) is 10.9. The van der Waals surface area contributed by atoms with E-state index in [1.165, 1.54) is 6.92 Å². The Morgan fingerprint density at radius 1 is 1.37 bits per heavy atom. The van der Waals surface area contributed by atoms with E-state index in [0.717, 1.165) is 0 Å². The smallest absolute Gasteiger partial charge is 0.302 e. The van der Waals surface area contributed by atoms with E-state index in [-0.39, 0.29) is 30.9 Å². The Morgan fingerprint density at radius 3 is 2.58 bits per heavy atom. The maximum atomic E-state index is 10.9. The van der Waals surface area contributed by atoms with Gasteiger partial charge in [-0.1, -0.05) is 31.6 Å². The number of hydrogen-bond donors (Lipinski definition) is 0. The Hall–Kier alpha value is -1.09. The van der Waals surface area contributed by atoms with Crippen molar-refractivity contribution in [3.63, 3.8) is 0 Å². The maximum Gasteiger partial charge on any atom is 0.302 e. The Bertz CT molecular complexity index is 400. The lowest BCUT2D eigenvalue weighted by Crippen LogP contribution is -2.40. The largest absolute Gasteiger partial charge is 0.463 e. The van der Waals surface area contributed by atoms with Crippen LogP contribution in [0.25, 0.3) is 0 Å². The molecule has 1 rings (SSSR count). The average molecular weight is 282 g/mol. The van der Waals surface area contributed by atoms with Crippen molar-refractivity contribution >= 4 is 14.0 Å². The maximum absolute atomic E-state index is 10.9. The molecule has 0 unspecified atom stereocenters. The van der Waals surface area contributed by atoms with Gasteiger partial charge in [0.05, 0.1) is 0 Å². The standard InChI is InChI=1S/C14H22O4Si/c1-11(15)17-10-14-13(16-2)7-6-12(18-14)8-9-19(3,4)5/h6-7,12-14H,10H2,1-5H3/t12-,13-,14+/m0/s1. The molecule has 1 heterocycles. The van der Waals surface area contributed by atoms with E-state index in [1.807, 2.05) is 12.2 Å². The molecule has 0 saturated carbocycles. The topological polar surface area (TPSA) is 44.8 Å². The summed E-state index contributed by atoms with van der Waals surface area (Å²) in [7, 11) is 0.188. The summed E-state index contributed by atoms with van der Waals surface area (Å²) in [5, 5.41) is 0. The Morgan fingerprint density at radius 2 is 2.05 bits per heavy atom. The second-order valence-electron chi connectivity index (χ2n) is 5.50. The lowest BCUT2D eigenvalue weighted by Gasteiger charge is -2.29. The number of carbonyl (C=O) groups excluding carboxylic acids is 1. The minimum absolute atomic E-state index is 0.184. The van der Waals surface area contributed by atoms with Gasteiger partial charge in [-0.25, -0.2) is 0 Å². The van der Waals surface area contributed by atoms with Crippen molar-refractivity contribution in [3.8, 4) is 11.5 Å². The number of rotatable bonds is 3. The van der Waals surface area contributed by atoms with Crippen LogP contribution in [0.5, 0.6) is 0 Å². The van der Waals surface area contributed by atoms with Gasteiger partial charge in [-0.15, -0.1) is 5.54 Å².